The minimum Gasteiger partial charge on any atom is -0.398 e. The maximum atomic E-state index is 12.0. The molecule has 3 N–H and O–H groups in total. The molecular formula is C13H18N2O2. The van der Waals surface area contributed by atoms with E-state index in [0.717, 1.165) is 19.6 Å². The third-order valence-electron chi connectivity index (χ3n) is 3.24. The van der Waals surface area contributed by atoms with Crippen LogP contribution >= 0.6 is 0 Å². The highest BCUT2D eigenvalue weighted by atomic mass is 16.5. The lowest BCUT2D eigenvalue weighted by atomic mass is 10.0. The van der Waals surface area contributed by atoms with Crippen LogP contribution in [0.15, 0.2) is 24.3 Å². The molecule has 0 aromatic heterocycles. The molecule has 4 heteroatoms. The van der Waals surface area contributed by atoms with Crippen LogP contribution in [0.4, 0.5) is 5.69 Å². The molecule has 1 aliphatic rings. The van der Waals surface area contributed by atoms with E-state index < -0.39 is 0 Å². The van der Waals surface area contributed by atoms with Gasteiger partial charge in [-0.3, -0.25) is 4.79 Å². The Hall–Kier alpha value is -1.55. The zero-order valence-electron chi connectivity index (χ0n) is 9.98. The van der Waals surface area contributed by atoms with Crippen LogP contribution in [0.2, 0.25) is 0 Å². The molecule has 0 aliphatic carbocycles. The van der Waals surface area contributed by atoms with Gasteiger partial charge in [0.2, 0.25) is 0 Å². The monoisotopic (exact) mass is 234 g/mol. The van der Waals surface area contributed by atoms with E-state index in [9.17, 15) is 4.79 Å². The maximum Gasteiger partial charge on any atom is 0.253 e. The van der Waals surface area contributed by atoms with Crippen LogP contribution in [0.25, 0.3) is 0 Å². The van der Waals surface area contributed by atoms with Crippen molar-refractivity contribution in [3.8, 4) is 0 Å². The van der Waals surface area contributed by atoms with Gasteiger partial charge in [-0.25, -0.2) is 0 Å². The van der Waals surface area contributed by atoms with Crippen molar-refractivity contribution in [2.24, 2.45) is 5.92 Å². The highest BCUT2D eigenvalue weighted by molar-refractivity contribution is 5.99. The minimum atomic E-state index is -0.109. The molecule has 92 valence electrons. The Balaban J connectivity index is 1.99. The number of amides is 1. The molecule has 0 saturated carbocycles. The van der Waals surface area contributed by atoms with Crippen LogP contribution in [0.3, 0.4) is 0 Å². The van der Waals surface area contributed by atoms with Crippen molar-refractivity contribution in [1.82, 2.24) is 5.32 Å². The van der Waals surface area contributed by atoms with Crippen LogP contribution in [0, 0.1) is 5.92 Å². The fraction of sp³-hybridized carbons (Fsp3) is 0.462. The second kappa shape index (κ2) is 5.19. The Morgan fingerprint density at radius 2 is 2.29 bits per heavy atom. The molecule has 1 heterocycles. The lowest BCUT2D eigenvalue weighted by Crippen LogP contribution is -2.38. The van der Waals surface area contributed by atoms with Crippen molar-refractivity contribution in [2.45, 2.75) is 19.4 Å². The van der Waals surface area contributed by atoms with E-state index in [1.54, 1.807) is 12.1 Å². The van der Waals surface area contributed by atoms with Gasteiger partial charge in [0.15, 0.2) is 0 Å². The molecule has 0 radical (unpaired) electrons. The van der Waals surface area contributed by atoms with E-state index in [0.29, 0.717) is 17.2 Å². The van der Waals surface area contributed by atoms with Crippen molar-refractivity contribution in [1.29, 1.82) is 0 Å². The molecule has 1 aromatic carbocycles. The number of benzene rings is 1. The van der Waals surface area contributed by atoms with Gasteiger partial charge in [0.05, 0.1) is 12.2 Å². The zero-order chi connectivity index (χ0) is 12.3. The summed E-state index contributed by atoms with van der Waals surface area (Å²) in [5.74, 6) is 0.298. The fourth-order valence-corrected chi connectivity index (χ4v) is 2.05. The Labute approximate surface area is 101 Å². The lowest BCUT2D eigenvalue weighted by molar-refractivity contribution is 0.0923. The molecule has 1 aromatic rings. The van der Waals surface area contributed by atoms with Crippen LogP contribution in [-0.4, -0.2) is 25.2 Å². The summed E-state index contributed by atoms with van der Waals surface area (Å²) < 4.78 is 5.31. The number of rotatable bonds is 3. The quantitative estimate of drug-likeness (QED) is 0.777. The number of para-hydroxylation sites is 1. The van der Waals surface area contributed by atoms with E-state index in [2.05, 4.69) is 5.32 Å². The van der Waals surface area contributed by atoms with Gasteiger partial charge in [0, 0.05) is 24.3 Å². The predicted octanol–water partition coefficient (Wildman–Crippen LogP) is 1.42. The van der Waals surface area contributed by atoms with E-state index in [-0.39, 0.29) is 11.9 Å². The smallest absolute Gasteiger partial charge is 0.253 e. The van der Waals surface area contributed by atoms with Crippen LogP contribution in [-0.2, 0) is 4.74 Å². The number of nitrogens with two attached hydrogens (primary N) is 1. The maximum absolute atomic E-state index is 12.0. The van der Waals surface area contributed by atoms with Crippen molar-refractivity contribution in [3.63, 3.8) is 0 Å². The number of carbonyl (C=O) groups is 1. The zero-order valence-corrected chi connectivity index (χ0v) is 9.98. The van der Waals surface area contributed by atoms with Gasteiger partial charge in [0.25, 0.3) is 5.91 Å². The number of nitrogen functional groups attached to an aromatic ring is 1. The first kappa shape index (κ1) is 11.9. The molecule has 17 heavy (non-hydrogen) atoms. The first-order valence-corrected chi connectivity index (χ1v) is 5.91. The Kier molecular flexibility index (Phi) is 3.64. The summed E-state index contributed by atoms with van der Waals surface area (Å²) in [6.07, 6.45) is 1.01. The highest BCUT2D eigenvalue weighted by Gasteiger charge is 2.24. The summed E-state index contributed by atoms with van der Waals surface area (Å²) in [7, 11) is 0. The van der Waals surface area contributed by atoms with Gasteiger partial charge in [-0.1, -0.05) is 12.1 Å². The van der Waals surface area contributed by atoms with Crippen LogP contribution in [0.5, 0.6) is 0 Å². The molecule has 1 amide bonds. The number of hydrogen-bond donors (Lipinski definition) is 2. The van der Waals surface area contributed by atoms with Gasteiger partial charge in [-0.05, 0) is 25.5 Å². The highest BCUT2D eigenvalue weighted by Crippen LogP contribution is 2.17. The number of ether oxygens (including phenoxy) is 1. The molecular weight excluding hydrogens is 216 g/mol. The summed E-state index contributed by atoms with van der Waals surface area (Å²) in [5.41, 5.74) is 6.82. The molecule has 0 spiro atoms. The molecule has 0 bridgehead atoms. The summed E-state index contributed by atoms with van der Waals surface area (Å²) in [6, 6.07) is 7.22. The van der Waals surface area contributed by atoms with E-state index in [4.69, 9.17) is 10.5 Å². The lowest BCUT2D eigenvalue weighted by Gasteiger charge is -2.19. The van der Waals surface area contributed by atoms with E-state index in [1.165, 1.54) is 0 Å². The summed E-state index contributed by atoms with van der Waals surface area (Å²) >= 11 is 0. The van der Waals surface area contributed by atoms with Crippen molar-refractivity contribution in [3.05, 3.63) is 29.8 Å². The summed E-state index contributed by atoms with van der Waals surface area (Å²) in [4.78, 5) is 12.0. The van der Waals surface area contributed by atoms with Crippen LogP contribution in [0.1, 0.15) is 23.7 Å². The van der Waals surface area contributed by atoms with Gasteiger partial charge in [0.1, 0.15) is 0 Å². The number of nitrogens with one attached hydrogen (secondary N) is 1. The van der Waals surface area contributed by atoms with Gasteiger partial charge in [-0.15, -0.1) is 0 Å². The van der Waals surface area contributed by atoms with Gasteiger partial charge >= 0.3 is 0 Å². The summed E-state index contributed by atoms with van der Waals surface area (Å²) in [6.45, 7) is 3.53. The normalized spacial score (nSPS) is 21.1. The largest absolute Gasteiger partial charge is 0.398 e. The molecule has 1 aliphatic heterocycles. The fourth-order valence-electron chi connectivity index (χ4n) is 2.05. The predicted molar refractivity (Wildman–Crippen MR) is 66.7 cm³/mol. The van der Waals surface area contributed by atoms with Crippen LogP contribution < -0.4 is 11.1 Å². The Morgan fingerprint density at radius 1 is 1.53 bits per heavy atom. The average molecular weight is 234 g/mol. The Morgan fingerprint density at radius 3 is 2.94 bits per heavy atom. The van der Waals surface area contributed by atoms with Crippen molar-refractivity contribution < 1.29 is 9.53 Å². The van der Waals surface area contributed by atoms with E-state index in [1.807, 2.05) is 19.1 Å². The first-order valence-electron chi connectivity index (χ1n) is 5.91. The number of carbonyl (C=O) groups excluding carboxylic acids is 1. The average Bonchev–Trinajstić information content (AvgIpc) is 2.82. The second-order valence-electron chi connectivity index (χ2n) is 4.47. The third kappa shape index (κ3) is 2.77. The molecule has 1 fully saturated rings. The molecule has 2 atom stereocenters. The molecule has 2 rings (SSSR count). The SMILES string of the molecule is CC(NC(=O)c1ccccc1N)C1CCOC1. The van der Waals surface area contributed by atoms with Gasteiger partial charge < -0.3 is 15.8 Å². The molecule has 1 saturated heterocycles. The number of hydrogen-bond acceptors (Lipinski definition) is 3. The topological polar surface area (TPSA) is 64.4 Å². The summed E-state index contributed by atoms with van der Waals surface area (Å²) in [5, 5.41) is 2.98. The van der Waals surface area contributed by atoms with Gasteiger partial charge in [-0.2, -0.15) is 0 Å². The van der Waals surface area contributed by atoms with E-state index >= 15 is 0 Å². The number of anilines is 1. The Bertz CT molecular complexity index is 400. The standard InChI is InChI=1S/C13H18N2O2/c1-9(10-6-7-17-8-10)15-13(16)11-4-2-3-5-12(11)14/h2-5,9-10H,6-8,14H2,1H3,(H,15,16). The molecule has 4 nitrogen and oxygen atoms in total. The molecule has 2 unspecified atom stereocenters. The van der Waals surface area contributed by atoms with Crippen molar-refractivity contribution in [2.75, 3.05) is 18.9 Å². The first-order chi connectivity index (χ1) is 8.18. The third-order valence-corrected chi connectivity index (χ3v) is 3.24. The second-order valence-corrected chi connectivity index (χ2v) is 4.47. The minimum absolute atomic E-state index is 0.109. The van der Waals surface area contributed by atoms with Crippen molar-refractivity contribution >= 4 is 11.6 Å².